The van der Waals surface area contributed by atoms with Gasteiger partial charge in [0, 0.05) is 19.3 Å². The number of nitrogens with zero attached hydrogens (tertiary/aromatic N) is 2. The average molecular weight is 300 g/mol. The van der Waals surface area contributed by atoms with Gasteiger partial charge in [-0.15, -0.1) is 0 Å². The number of hydrogen-bond acceptors (Lipinski definition) is 6. The van der Waals surface area contributed by atoms with Crippen molar-refractivity contribution in [3.05, 3.63) is 64.4 Å². The van der Waals surface area contributed by atoms with E-state index in [1.165, 1.54) is 16.9 Å². The highest BCUT2D eigenvalue weighted by Gasteiger charge is 2.15. The number of hydrogen-bond donors (Lipinski definition) is 0. The average Bonchev–Trinajstić information content (AvgIpc) is 3.18. The topological polar surface area (TPSA) is 87.5 Å². The minimum Gasteiger partial charge on any atom is -0.461 e. The van der Waals surface area contributed by atoms with Crippen LogP contribution in [0.5, 0.6) is 0 Å². The van der Waals surface area contributed by atoms with Crippen molar-refractivity contribution in [2.24, 2.45) is 7.05 Å². The molecular weight excluding hydrogens is 288 g/mol. The highest BCUT2D eigenvalue weighted by Crippen LogP contribution is 2.20. The summed E-state index contributed by atoms with van der Waals surface area (Å²) >= 11 is 0. The zero-order valence-corrected chi connectivity index (χ0v) is 11.7. The Hall–Kier alpha value is -3.09. The maximum absolute atomic E-state index is 11.9. The summed E-state index contributed by atoms with van der Waals surface area (Å²) in [4.78, 5) is 23.7. The van der Waals surface area contributed by atoms with Crippen molar-refractivity contribution in [3.8, 4) is 11.5 Å². The van der Waals surface area contributed by atoms with Crippen LogP contribution >= 0.6 is 0 Å². The summed E-state index contributed by atoms with van der Waals surface area (Å²) in [5, 5.41) is 3.78. The van der Waals surface area contributed by atoms with Crippen molar-refractivity contribution >= 4 is 5.97 Å². The number of furan rings is 1. The highest BCUT2D eigenvalue weighted by molar-refractivity contribution is 5.88. The van der Waals surface area contributed by atoms with Crippen LogP contribution in [0.15, 0.2) is 56.5 Å². The van der Waals surface area contributed by atoms with Gasteiger partial charge in [0.15, 0.2) is 5.76 Å². The quantitative estimate of drug-likeness (QED) is 0.685. The fourth-order valence-electron chi connectivity index (χ4n) is 1.88. The Labute approximate surface area is 124 Å². The Bertz CT molecular complexity index is 845. The predicted octanol–water partition coefficient (Wildman–Crippen LogP) is 1.99. The maximum atomic E-state index is 11.9. The van der Waals surface area contributed by atoms with Gasteiger partial charge in [-0.25, -0.2) is 4.79 Å². The third-order valence-corrected chi connectivity index (χ3v) is 3.02. The van der Waals surface area contributed by atoms with Crippen molar-refractivity contribution in [1.82, 2.24) is 9.72 Å². The first-order valence-corrected chi connectivity index (χ1v) is 6.47. The minimum atomic E-state index is -0.705. The smallest absolute Gasteiger partial charge is 0.344 e. The predicted molar refractivity (Wildman–Crippen MR) is 75.0 cm³/mol. The Morgan fingerprint density at radius 1 is 1.32 bits per heavy atom. The van der Waals surface area contributed by atoms with Crippen LogP contribution in [-0.2, 0) is 18.4 Å². The third-order valence-electron chi connectivity index (χ3n) is 3.02. The lowest BCUT2D eigenvalue weighted by Crippen LogP contribution is -2.24. The molecule has 0 atom stereocenters. The van der Waals surface area contributed by atoms with E-state index in [-0.39, 0.29) is 12.2 Å². The Kier molecular flexibility index (Phi) is 3.61. The zero-order valence-electron chi connectivity index (χ0n) is 11.7. The van der Waals surface area contributed by atoms with Gasteiger partial charge in [-0.2, -0.15) is 0 Å². The van der Waals surface area contributed by atoms with Gasteiger partial charge in [0.05, 0.1) is 6.26 Å². The molecule has 3 heterocycles. The van der Waals surface area contributed by atoms with Crippen molar-refractivity contribution < 1.29 is 18.5 Å². The summed E-state index contributed by atoms with van der Waals surface area (Å²) in [6.07, 6.45) is 3.08. The molecule has 7 nitrogen and oxygen atoms in total. The zero-order chi connectivity index (χ0) is 15.5. The Morgan fingerprint density at radius 3 is 2.95 bits per heavy atom. The lowest BCUT2D eigenvalue weighted by Gasteiger charge is -2.03. The van der Waals surface area contributed by atoms with Gasteiger partial charge >= 0.3 is 5.97 Å². The number of aryl methyl sites for hydroxylation is 1. The van der Waals surface area contributed by atoms with E-state index >= 15 is 0 Å². The maximum Gasteiger partial charge on any atom is 0.344 e. The summed E-state index contributed by atoms with van der Waals surface area (Å²) in [5.41, 5.74) is -0.0174. The van der Waals surface area contributed by atoms with Gasteiger partial charge in [-0.3, -0.25) is 4.79 Å². The normalized spacial score (nSPS) is 10.6. The fraction of sp³-hybridized carbons (Fsp3) is 0.133. The molecule has 0 unspecified atom stereocenters. The van der Waals surface area contributed by atoms with Gasteiger partial charge in [0.1, 0.15) is 17.9 Å². The molecule has 3 rings (SSSR count). The van der Waals surface area contributed by atoms with E-state index in [0.717, 1.165) is 0 Å². The second kappa shape index (κ2) is 5.72. The number of carbonyl (C=O) groups excluding carboxylic acids is 1. The van der Waals surface area contributed by atoms with E-state index in [1.807, 2.05) is 0 Å². The van der Waals surface area contributed by atoms with E-state index in [4.69, 9.17) is 13.7 Å². The molecule has 0 saturated heterocycles. The van der Waals surface area contributed by atoms with Crippen LogP contribution in [0.2, 0.25) is 0 Å². The van der Waals surface area contributed by atoms with Crippen molar-refractivity contribution in [2.45, 2.75) is 6.61 Å². The number of rotatable bonds is 4. The molecule has 0 aliphatic rings. The third kappa shape index (κ3) is 2.69. The number of pyridine rings is 1. The first-order chi connectivity index (χ1) is 10.6. The molecule has 112 valence electrons. The number of carbonyl (C=O) groups is 1. The Morgan fingerprint density at radius 2 is 2.18 bits per heavy atom. The SMILES string of the molecule is Cn1cccc(C(=O)OCc2cc(-c3ccco3)on2)c1=O. The molecule has 0 N–H and O–H groups in total. The molecule has 0 spiro atoms. The van der Waals surface area contributed by atoms with Crippen molar-refractivity contribution in [2.75, 3.05) is 0 Å². The Balaban J connectivity index is 1.69. The molecule has 0 saturated carbocycles. The van der Waals surface area contributed by atoms with E-state index in [1.54, 1.807) is 37.5 Å². The minimum absolute atomic E-state index is 0.0280. The monoisotopic (exact) mass is 300 g/mol. The molecule has 0 bridgehead atoms. The van der Waals surface area contributed by atoms with Crippen LogP contribution in [0.4, 0.5) is 0 Å². The number of esters is 1. The first kappa shape index (κ1) is 13.9. The summed E-state index contributed by atoms with van der Waals surface area (Å²) in [7, 11) is 1.56. The second-order valence-corrected chi connectivity index (χ2v) is 4.57. The van der Waals surface area contributed by atoms with Crippen LogP contribution < -0.4 is 5.56 Å². The van der Waals surface area contributed by atoms with Gasteiger partial charge in [0.2, 0.25) is 5.76 Å². The summed E-state index contributed by atoms with van der Waals surface area (Å²) in [5.74, 6) is 0.262. The molecule has 0 aliphatic carbocycles. The molecule has 3 aromatic rings. The van der Waals surface area contributed by atoms with Gasteiger partial charge < -0.3 is 18.2 Å². The lowest BCUT2D eigenvalue weighted by molar-refractivity contribution is 0.0461. The molecule has 0 amide bonds. The summed E-state index contributed by atoms with van der Waals surface area (Å²) in [6.45, 7) is -0.0961. The highest BCUT2D eigenvalue weighted by atomic mass is 16.5. The molecule has 3 aromatic heterocycles. The van der Waals surface area contributed by atoms with E-state index in [0.29, 0.717) is 17.2 Å². The van der Waals surface area contributed by atoms with Gasteiger partial charge in [0.25, 0.3) is 5.56 Å². The van der Waals surface area contributed by atoms with E-state index in [2.05, 4.69) is 5.16 Å². The van der Waals surface area contributed by atoms with Gasteiger partial charge in [-0.05, 0) is 24.3 Å². The van der Waals surface area contributed by atoms with Crippen LogP contribution in [0.3, 0.4) is 0 Å². The van der Waals surface area contributed by atoms with Crippen LogP contribution in [-0.4, -0.2) is 15.7 Å². The summed E-state index contributed by atoms with van der Waals surface area (Å²) < 4.78 is 16.6. The van der Waals surface area contributed by atoms with E-state index in [9.17, 15) is 9.59 Å². The van der Waals surface area contributed by atoms with Crippen LogP contribution in [0, 0.1) is 0 Å². The number of ether oxygens (including phenoxy) is 1. The van der Waals surface area contributed by atoms with Crippen LogP contribution in [0.1, 0.15) is 16.1 Å². The molecule has 22 heavy (non-hydrogen) atoms. The number of aromatic nitrogens is 2. The molecule has 0 fully saturated rings. The van der Waals surface area contributed by atoms with Crippen molar-refractivity contribution in [3.63, 3.8) is 0 Å². The fourth-order valence-corrected chi connectivity index (χ4v) is 1.88. The standard InChI is InChI=1S/C15H12N2O5/c1-17-6-2-4-11(14(17)18)15(19)21-9-10-8-13(22-16-10)12-5-3-7-20-12/h2-8H,9H2,1H3. The molecule has 7 heteroatoms. The summed E-state index contributed by atoms with van der Waals surface area (Å²) in [6, 6.07) is 8.08. The molecular formula is C15H12N2O5. The van der Waals surface area contributed by atoms with Crippen molar-refractivity contribution in [1.29, 1.82) is 0 Å². The lowest BCUT2D eigenvalue weighted by atomic mass is 10.3. The molecule has 0 radical (unpaired) electrons. The van der Waals surface area contributed by atoms with Gasteiger partial charge in [-0.1, -0.05) is 5.16 Å². The van der Waals surface area contributed by atoms with Crippen LogP contribution in [0.25, 0.3) is 11.5 Å². The van der Waals surface area contributed by atoms with E-state index < -0.39 is 11.5 Å². The first-order valence-electron chi connectivity index (χ1n) is 6.47. The largest absolute Gasteiger partial charge is 0.461 e. The molecule has 0 aliphatic heterocycles. The second-order valence-electron chi connectivity index (χ2n) is 4.57. The molecule has 0 aromatic carbocycles.